The fraction of sp³-hybridized carbons (Fsp3) is 0.267. The lowest BCUT2D eigenvalue weighted by Crippen LogP contribution is -2.30. The molecular weight excluding hydrogens is 476 g/mol. The maximum absolute atomic E-state index is 13.3. The maximum Gasteiger partial charge on any atom is 0.263 e. The van der Waals surface area contributed by atoms with E-state index in [0.29, 0.717) is 42.9 Å². The number of rotatable bonds is 11. The minimum Gasteiger partial charge on any atom is -0.372 e. The quantitative estimate of drug-likeness (QED) is 0.272. The first-order chi connectivity index (χ1) is 18.7. The number of anilines is 1. The zero-order valence-electron chi connectivity index (χ0n) is 21.6. The topological polar surface area (TPSA) is 84.5 Å². The molecule has 1 N–H and O–H groups in total. The number of benzene rings is 3. The van der Waals surface area contributed by atoms with Crippen molar-refractivity contribution in [2.24, 2.45) is 0 Å². The molecule has 0 aliphatic rings. The van der Waals surface area contributed by atoms with Crippen LogP contribution in [0, 0.1) is 0 Å². The number of nitrogens with one attached hydrogen (secondary N) is 1. The van der Waals surface area contributed by atoms with E-state index in [-0.39, 0.29) is 11.5 Å². The standard InChI is InChI=1S/C30H32N6O2/c1-2-34(24-14-7-4-8-15-24)21-11-20-31-28(37)19-18-27-32-33-30-35(22-23-12-5-3-6-13-23)29(38)25-16-9-10-17-26(25)36(27)30/h3-10,12-17H,2,11,18-22H2,1H3,(H,31,37). The van der Waals surface area contributed by atoms with Gasteiger partial charge in [-0.2, -0.15) is 0 Å². The van der Waals surface area contributed by atoms with Crippen molar-refractivity contribution in [1.29, 1.82) is 0 Å². The molecule has 0 saturated carbocycles. The summed E-state index contributed by atoms with van der Waals surface area (Å²) in [4.78, 5) is 28.3. The highest BCUT2D eigenvalue weighted by molar-refractivity contribution is 5.80. The Labute approximate surface area is 221 Å². The van der Waals surface area contributed by atoms with E-state index < -0.39 is 0 Å². The van der Waals surface area contributed by atoms with Gasteiger partial charge in [0.05, 0.1) is 17.4 Å². The summed E-state index contributed by atoms with van der Waals surface area (Å²) in [5, 5.41) is 12.4. The average molecular weight is 509 g/mol. The molecular formula is C30H32N6O2. The van der Waals surface area contributed by atoms with E-state index in [9.17, 15) is 9.59 Å². The molecule has 0 aliphatic heterocycles. The molecule has 1 amide bonds. The van der Waals surface area contributed by atoms with Crippen molar-refractivity contribution in [2.45, 2.75) is 32.7 Å². The van der Waals surface area contributed by atoms with Gasteiger partial charge in [0.25, 0.3) is 5.56 Å². The van der Waals surface area contributed by atoms with Gasteiger partial charge in [-0.3, -0.25) is 18.6 Å². The number of carbonyl (C=O) groups excluding carboxylic acids is 1. The first-order valence-corrected chi connectivity index (χ1v) is 13.1. The first-order valence-electron chi connectivity index (χ1n) is 13.1. The number of hydrogen-bond acceptors (Lipinski definition) is 5. The van der Waals surface area contributed by atoms with Crippen LogP contribution in [0.1, 0.15) is 31.2 Å². The number of para-hydroxylation sites is 2. The van der Waals surface area contributed by atoms with Gasteiger partial charge < -0.3 is 10.2 Å². The highest BCUT2D eigenvalue weighted by Gasteiger charge is 2.17. The van der Waals surface area contributed by atoms with Gasteiger partial charge in [-0.1, -0.05) is 60.7 Å². The predicted molar refractivity (Wildman–Crippen MR) is 151 cm³/mol. The van der Waals surface area contributed by atoms with E-state index in [1.165, 1.54) is 5.69 Å². The Balaban J connectivity index is 1.27. The fourth-order valence-electron chi connectivity index (χ4n) is 4.80. The summed E-state index contributed by atoms with van der Waals surface area (Å²) in [6.45, 7) is 4.94. The summed E-state index contributed by atoms with van der Waals surface area (Å²) in [6, 6.07) is 27.6. The zero-order valence-corrected chi connectivity index (χ0v) is 21.6. The van der Waals surface area contributed by atoms with Crippen LogP contribution in [-0.2, 0) is 17.8 Å². The molecule has 8 nitrogen and oxygen atoms in total. The van der Waals surface area contributed by atoms with Crippen molar-refractivity contribution in [3.8, 4) is 0 Å². The molecule has 0 atom stereocenters. The summed E-state index contributed by atoms with van der Waals surface area (Å²) >= 11 is 0. The predicted octanol–water partition coefficient (Wildman–Crippen LogP) is 4.06. The van der Waals surface area contributed by atoms with E-state index in [0.717, 1.165) is 30.6 Å². The van der Waals surface area contributed by atoms with Crippen molar-refractivity contribution >= 4 is 28.3 Å². The number of carbonyl (C=O) groups is 1. The van der Waals surface area contributed by atoms with Gasteiger partial charge in [0.2, 0.25) is 11.7 Å². The average Bonchev–Trinajstić information content (AvgIpc) is 3.39. The molecule has 2 aromatic heterocycles. The van der Waals surface area contributed by atoms with Crippen molar-refractivity contribution in [1.82, 2.24) is 24.5 Å². The molecule has 0 saturated heterocycles. The van der Waals surface area contributed by atoms with Crippen LogP contribution < -0.4 is 15.8 Å². The summed E-state index contributed by atoms with van der Waals surface area (Å²) in [5.74, 6) is 1.12. The Bertz CT molecular complexity index is 1580. The summed E-state index contributed by atoms with van der Waals surface area (Å²) < 4.78 is 3.56. The number of fused-ring (bicyclic) bond motifs is 3. The lowest BCUT2D eigenvalue weighted by atomic mass is 10.2. The van der Waals surface area contributed by atoms with E-state index in [1.807, 2.05) is 77.2 Å². The second-order valence-electron chi connectivity index (χ2n) is 9.26. The molecule has 0 spiro atoms. The molecule has 194 valence electrons. The molecule has 0 radical (unpaired) electrons. The van der Waals surface area contributed by atoms with Crippen molar-refractivity contribution in [3.63, 3.8) is 0 Å². The van der Waals surface area contributed by atoms with Gasteiger partial charge in [-0.05, 0) is 43.2 Å². The number of hydrogen-bond donors (Lipinski definition) is 1. The second kappa shape index (κ2) is 11.7. The van der Waals surface area contributed by atoms with Crippen molar-refractivity contribution in [3.05, 3.63) is 107 Å². The summed E-state index contributed by atoms with van der Waals surface area (Å²) in [7, 11) is 0. The SMILES string of the molecule is CCN(CCCNC(=O)CCc1nnc2n(Cc3ccccc3)c(=O)c3ccccc3n12)c1ccccc1. The summed E-state index contributed by atoms with van der Waals surface area (Å²) in [5.41, 5.74) is 2.84. The highest BCUT2D eigenvalue weighted by Crippen LogP contribution is 2.17. The third-order valence-electron chi connectivity index (χ3n) is 6.76. The molecule has 38 heavy (non-hydrogen) atoms. The molecule has 0 bridgehead atoms. The number of aryl methyl sites for hydroxylation is 1. The smallest absolute Gasteiger partial charge is 0.263 e. The normalized spacial score (nSPS) is 11.2. The monoisotopic (exact) mass is 508 g/mol. The van der Waals surface area contributed by atoms with Crippen LogP contribution in [0.15, 0.2) is 89.7 Å². The van der Waals surface area contributed by atoms with Gasteiger partial charge in [-0.25, -0.2) is 0 Å². The van der Waals surface area contributed by atoms with E-state index >= 15 is 0 Å². The second-order valence-corrected chi connectivity index (χ2v) is 9.26. The Morgan fingerprint density at radius 2 is 1.63 bits per heavy atom. The summed E-state index contributed by atoms with van der Waals surface area (Å²) in [6.07, 6.45) is 1.58. The van der Waals surface area contributed by atoms with E-state index in [1.54, 1.807) is 4.57 Å². The Kier molecular flexibility index (Phi) is 7.78. The Hall–Kier alpha value is -4.46. The third kappa shape index (κ3) is 5.44. The molecule has 0 unspecified atom stereocenters. The van der Waals surface area contributed by atoms with Crippen LogP contribution in [-0.4, -0.2) is 44.7 Å². The minimum atomic E-state index is -0.106. The minimum absolute atomic E-state index is 0.0218. The molecule has 0 aliphatic carbocycles. The lowest BCUT2D eigenvalue weighted by Gasteiger charge is -2.23. The molecule has 5 aromatic rings. The van der Waals surface area contributed by atoms with Crippen LogP contribution in [0.5, 0.6) is 0 Å². The number of amides is 1. The molecule has 0 fully saturated rings. The molecule has 3 aromatic carbocycles. The van der Waals surface area contributed by atoms with Gasteiger partial charge in [0.15, 0.2) is 0 Å². The van der Waals surface area contributed by atoms with Gasteiger partial charge in [0.1, 0.15) is 5.82 Å². The largest absolute Gasteiger partial charge is 0.372 e. The zero-order chi connectivity index (χ0) is 26.3. The third-order valence-corrected chi connectivity index (χ3v) is 6.76. The number of nitrogens with zero attached hydrogens (tertiary/aromatic N) is 5. The number of aromatic nitrogens is 4. The van der Waals surface area contributed by atoms with E-state index in [4.69, 9.17) is 0 Å². The molecule has 2 heterocycles. The van der Waals surface area contributed by atoms with Crippen LogP contribution >= 0.6 is 0 Å². The van der Waals surface area contributed by atoms with Crippen molar-refractivity contribution in [2.75, 3.05) is 24.5 Å². The maximum atomic E-state index is 13.3. The van der Waals surface area contributed by atoms with Crippen LogP contribution in [0.25, 0.3) is 16.7 Å². The lowest BCUT2D eigenvalue weighted by molar-refractivity contribution is -0.121. The first kappa shape index (κ1) is 25.2. The molecule has 5 rings (SSSR count). The Morgan fingerprint density at radius 1 is 0.921 bits per heavy atom. The highest BCUT2D eigenvalue weighted by atomic mass is 16.1. The van der Waals surface area contributed by atoms with Gasteiger partial charge >= 0.3 is 0 Å². The molecule has 8 heteroatoms. The van der Waals surface area contributed by atoms with Crippen LogP contribution in [0.4, 0.5) is 5.69 Å². The van der Waals surface area contributed by atoms with Crippen molar-refractivity contribution < 1.29 is 4.79 Å². The Morgan fingerprint density at radius 3 is 2.39 bits per heavy atom. The van der Waals surface area contributed by atoms with Crippen LogP contribution in [0.2, 0.25) is 0 Å². The van der Waals surface area contributed by atoms with E-state index in [2.05, 4.69) is 39.5 Å². The van der Waals surface area contributed by atoms with Gasteiger partial charge in [-0.15, -0.1) is 10.2 Å². The van der Waals surface area contributed by atoms with Crippen LogP contribution in [0.3, 0.4) is 0 Å². The fourth-order valence-corrected chi connectivity index (χ4v) is 4.80. The van der Waals surface area contributed by atoms with Gasteiger partial charge in [0, 0.05) is 38.2 Å².